The van der Waals surface area contributed by atoms with Crippen molar-refractivity contribution in [3.8, 4) is 0 Å². The van der Waals surface area contributed by atoms with Gasteiger partial charge in [0, 0.05) is 0 Å². The maximum absolute atomic E-state index is 2.74. The fraction of sp³-hybridized carbons (Fsp3) is 1.00. The van der Waals surface area contributed by atoms with Crippen molar-refractivity contribution < 1.29 is 0 Å². The molecule has 0 radical (unpaired) electrons. The highest BCUT2D eigenvalue weighted by molar-refractivity contribution is 7.10. The van der Waals surface area contributed by atoms with Gasteiger partial charge in [-0.2, -0.15) is 0 Å². The quantitative estimate of drug-likeness (QED) is 0.541. The van der Waals surface area contributed by atoms with Gasteiger partial charge in [-0.15, -0.1) is 0 Å². The van der Waals surface area contributed by atoms with Crippen LogP contribution in [0.25, 0.3) is 0 Å². The molecule has 0 aromatic carbocycles. The topological polar surface area (TPSA) is 0 Å². The van der Waals surface area contributed by atoms with Crippen molar-refractivity contribution in [2.24, 2.45) is 5.92 Å². The monoisotopic (exact) mass is 211 g/mol. The van der Waals surface area contributed by atoms with Crippen LogP contribution in [0.2, 0.25) is 48.2 Å². The number of hydrogen-bond acceptors (Lipinski definition) is 0. The van der Waals surface area contributed by atoms with E-state index in [-0.39, 0.29) is 8.80 Å². The standard InChI is InChI=1S/C9H19Si3/c1-11-4-9-3-10(6-11)7-12(2,5-9)8-11/h9H,3-8H2,1-2H3/q+1/t9?,11-,12+. The van der Waals surface area contributed by atoms with Crippen LogP contribution < -0.4 is 0 Å². The molecule has 3 heteroatoms. The summed E-state index contributed by atoms with van der Waals surface area (Å²) in [6.07, 6.45) is 0. The Morgan fingerprint density at radius 3 is 2.08 bits per heavy atom. The molecule has 0 amide bonds. The van der Waals surface area contributed by atoms with Gasteiger partial charge in [0.25, 0.3) is 0 Å². The predicted molar refractivity (Wildman–Crippen MR) is 61.3 cm³/mol. The minimum Gasteiger partial charge on any atom is -0.0670 e. The van der Waals surface area contributed by atoms with Gasteiger partial charge in [0.05, 0.1) is 33.5 Å². The summed E-state index contributed by atoms with van der Waals surface area (Å²) in [5.41, 5.74) is 5.50. The van der Waals surface area contributed by atoms with Gasteiger partial charge in [0.2, 0.25) is 0 Å². The Morgan fingerprint density at radius 2 is 1.67 bits per heavy atom. The van der Waals surface area contributed by atoms with Crippen molar-refractivity contribution in [1.82, 2.24) is 0 Å². The van der Waals surface area contributed by atoms with Gasteiger partial charge in [-0.25, -0.2) is 0 Å². The predicted octanol–water partition coefficient (Wildman–Crippen LogP) is 2.91. The van der Waals surface area contributed by atoms with Crippen LogP contribution >= 0.6 is 0 Å². The number of hydrogen-bond donors (Lipinski definition) is 0. The van der Waals surface area contributed by atoms with E-state index < -0.39 is 16.1 Å². The first-order chi connectivity index (χ1) is 5.57. The zero-order chi connectivity index (χ0) is 8.40. The molecule has 0 aromatic heterocycles. The summed E-state index contributed by atoms with van der Waals surface area (Å²) in [5, 5.41) is 0. The summed E-state index contributed by atoms with van der Waals surface area (Å²) in [6.45, 7) is 5.49. The average molecular weight is 212 g/mol. The molecule has 12 heavy (non-hydrogen) atoms. The molecule has 4 saturated heterocycles. The summed E-state index contributed by atoms with van der Waals surface area (Å²) < 4.78 is 0. The molecule has 4 aliphatic heterocycles. The van der Waals surface area contributed by atoms with Gasteiger partial charge in [0.15, 0.2) is 0 Å². The fourth-order valence-corrected chi connectivity index (χ4v) is 36.5. The first-order valence-corrected chi connectivity index (χ1v) is 13.8. The van der Waals surface area contributed by atoms with E-state index in [0.29, 0.717) is 0 Å². The van der Waals surface area contributed by atoms with E-state index in [9.17, 15) is 0 Å². The Morgan fingerprint density at radius 1 is 1.08 bits per heavy atom. The molecule has 0 aromatic rings. The van der Waals surface area contributed by atoms with E-state index in [4.69, 9.17) is 0 Å². The second kappa shape index (κ2) is 2.17. The third-order valence-corrected chi connectivity index (χ3v) is 26.3. The Hall–Kier alpha value is 0.651. The van der Waals surface area contributed by atoms with Crippen molar-refractivity contribution in [3.05, 3.63) is 0 Å². The molecule has 4 rings (SSSR count). The highest BCUT2D eigenvalue weighted by Crippen LogP contribution is 2.54. The van der Waals surface area contributed by atoms with E-state index in [2.05, 4.69) is 13.1 Å². The highest BCUT2D eigenvalue weighted by atomic mass is 28.4. The fourth-order valence-electron chi connectivity index (χ4n) is 4.88. The first-order valence-electron chi connectivity index (χ1n) is 5.41. The molecule has 4 bridgehead atoms. The zero-order valence-corrected chi connectivity index (χ0v) is 11.3. The minimum absolute atomic E-state index is 0.260. The van der Waals surface area contributed by atoms with Crippen molar-refractivity contribution >= 4 is 24.9 Å². The molecule has 0 spiro atoms. The lowest BCUT2D eigenvalue weighted by Crippen LogP contribution is -2.63. The van der Waals surface area contributed by atoms with E-state index in [1.807, 2.05) is 17.0 Å². The largest absolute Gasteiger partial charge is 0.307 e. The lowest BCUT2D eigenvalue weighted by atomic mass is 10.2. The van der Waals surface area contributed by atoms with Crippen molar-refractivity contribution in [3.63, 3.8) is 0 Å². The molecule has 4 fully saturated rings. The summed E-state index contributed by atoms with van der Waals surface area (Å²) in [4.78, 5) is 0. The summed E-state index contributed by atoms with van der Waals surface area (Å²) in [6, 6.07) is 5.25. The van der Waals surface area contributed by atoms with Crippen LogP contribution in [-0.2, 0) is 0 Å². The van der Waals surface area contributed by atoms with E-state index >= 15 is 0 Å². The molecule has 4 aliphatic rings. The van der Waals surface area contributed by atoms with Crippen LogP contribution in [0.3, 0.4) is 0 Å². The third-order valence-electron chi connectivity index (χ3n) is 4.35. The SMILES string of the molecule is C[Si@]12CC3C[Si+](C1)C[Si@@](C)(C3)C2. The summed E-state index contributed by atoms with van der Waals surface area (Å²) in [7, 11) is -0.871. The van der Waals surface area contributed by atoms with Crippen LogP contribution in [0.1, 0.15) is 0 Å². The van der Waals surface area contributed by atoms with E-state index in [0.717, 1.165) is 0 Å². The molecule has 3 atom stereocenters. The molecule has 66 valence electrons. The molecule has 0 saturated carbocycles. The van der Waals surface area contributed by atoms with Gasteiger partial charge >= 0.3 is 8.80 Å². The van der Waals surface area contributed by atoms with Crippen LogP contribution in [0.15, 0.2) is 0 Å². The van der Waals surface area contributed by atoms with Crippen LogP contribution in [0, 0.1) is 5.92 Å². The summed E-state index contributed by atoms with van der Waals surface area (Å²) in [5.74, 6) is 1.28. The van der Waals surface area contributed by atoms with Crippen molar-refractivity contribution in [1.29, 1.82) is 0 Å². The Labute approximate surface area is 79.4 Å². The number of rotatable bonds is 0. The zero-order valence-electron chi connectivity index (χ0n) is 8.32. The Kier molecular flexibility index (Phi) is 1.45. The highest BCUT2D eigenvalue weighted by Gasteiger charge is 2.63. The molecule has 0 nitrogen and oxygen atoms in total. The van der Waals surface area contributed by atoms with Crippen molar-refractivity contribution in [2.75, 3.05) is 0 Å². The molecule has 4 heterocycles. The lowest BCUT2D eigenvalue weighted by Gasteiger charge is -2.52. The third kappa shape index (κ3) is 1.06. The van der Waals surface area contributed by atoms with Gasteiger partial charge in [-0.3, -0.25) is 0 Å². The lowest BCUT2D eigenvalue weighted by molar-refractivity contribution is 0.653. The van der Waals surface area contributed by atoms with Gasteiger partial charge < -0.3 is 0 Å². The molecule has 0 N–H and O–H groups in total. The Balaban J connectivity index is 1.98. The van der Waals surface area contributed by atoms with E-state index in [1.165, 1.54) is 5.92 Å². The van der Waals surface area contributed by atoms with Crippen molar-refractivity contribution in [2.45, 2.75) is 48.2 Å². The van der Waals surface area contributed by atoms with Gasteiger partial charge in [0.1, 0.15) is 0 Å². The molecule has 1 unspecified atom stereocenters. The minimum atomic E-state index is -0.565. The van der Waals surface area contributed by atoms with Crippen LogP contribution in [0.4, 0.5) is 0 Å². The summed E-state index contributed by atoms with van der Waals surface area (Å²) >= 11 is 0. The normalized spacial score (nSPS) is 56.5. The van der Waals surface area contributed by atoms with Gasteiger partial charge in [-0.1, -0.05) is 30.8 Å². The van der Waals surface area contributed by atoms with Crippen LogP contribution in [0.5, 0.6) is 0 Å². The Bertz CT molecular complexity index is 192. The molecule has 0 aliphatic carbocycles. The second-order valence-electron chi connectivity index (χ2n) is 6.38. The molecular formula is C9H19Si3+. The average Bonchev–Trinajstić information content (AvgIpc) is 1.75. The van der Waals surface area contributed by atoms with Gasteiger partial charge in [-0.05, 0) is 5.92 Å². The van der Waals surface area contributed by atoms with E-state index in [1.54, 1.807) is 18.1 Å². The smallest absolute Gasteiger partial charge is 0.0670 e. The van der Waals surface area contributed by atoms with Crippen LogP contribution in [-0.4, -0.2) is 24.9 Å². The maximum Gasteiger partial charge on any atom is 0.307 e. The molecular weight excluding hydrogens is 192 g/mol. The maximum atomic E-state index is 2.74. The first kappa shape index (κ1) is 8.00. The second-order valence-corrected chi connectivity index (χ2v) is 20.6.